The topological polar surface area (TPSA) is 24.1 Å². The number of benzene rings is 2. The van der Waals surface area contributed by atoms with Crippen molar-refractivity contribution in [2.75, 3.05) is 0 Å². The summed E-state index contributed by atoms with van der Waals surface area (Å²) in [6, 6.07) is 15.3. The Labute approximate surface area is 149 Å². The van der Waals surface area contributed by atoms with Gasteiger partial charge in [0.2, 0.25) is 0 Å². The predicted octanol–water partition coefficient (Wildman–Crippen LogP) is 5.06. The predicted molar refractivity (Wildman–Crippen MR) is 103 cm³/mol. The van der Waals surface area contributed by atoms with Crippen LogP contribution in [0.15, 0.2) is 48.5 Å². The highest BCUT2D eigenvalue weighted by molar-refractivity contribution is 7.80. The lowest BCUT2D eigenvalue weighted by molar-refractivity contribution is 0.614. The van der Waals surface area contributed by atoms with Crippen molar-refractivity contribution >= 4 is 17.3 Å². The molecule has 0 bridgehead atoms. The van der Waals surface area contributed by atoms with E-state index in [9.17, 15) is 4.39 Å². The summed E-state index contributed by atoms with van der Waals surface area (Å²) in [7, 11) is 0. The normalized spacial score (nSPS) is 12.0. The molecule has 2 aromatic rings. The zero-order valence-electron chi connectivity index (χ0n) is 14.5. The number of halogens is 1. The fourth-order valence-corrected chi connectivity index (χ4v) is 2.74. The molecule has 0 aliphatic heterocycles. The van der Waals surface area contributed by atoms with E-state index in [-0.39, 0.29) is 11.9 Å². The fraction of sp³-hybridized carbons (Fsp3) is 0.350. The summed E-state index contributed by atoms with van der Waals surface area (Å²) >= 11 is 5.39. The molecule has 2 N–H and O–H groups in total. The van der Waals surface area contributed by atoms with Crippen LogP contribution in [0.5, 0.6) is 0 Å². The molecule has 24 heavy (non-hydrogen) atoms. The lowest BCUT2D eigenvalue weighted by Gasteiger charge is -2.20. The Balaban J connectivity index is 1.91. The van der Waals surface area contributed by atoms with E-state index < -0.39 is 0 Å². The Kier molecular flexibility index (Phi) is 6.73. The maximum atomic E-state index is 12.9. The van der Waals surface area contributed by atoms with Gasteiger partial charge in [-0.25, -0.2) is 4.39 Å². The van der Waals surface area contributed by atoms with Crippen molar-refractivity contribution in [3.63, 3.8) is 0 Å². The second-order valence-corrected chi connectivity index (χ2v) is 6.64. The highest BCUT2D eigenvalue weighted by atomic mass is 32.1. The van der Waals surface area contributed by atoms with Gasteiger partial charge in [-0.1, -0.05) is 57.2 Å². The zero-order valence-corrected chi connectivity index (χ0v) is 15.3. The lowest BCUT2D eigenvalue weighted by atomic mass is 9.98. The van der Waals surface area contributed by atoms with Gasteiger partial charge in [0.05, 0.1) is 6.04 Å². The van der Waals surface area contributed by atoms with E-state index in [1.807, 2.05) is 0 Å². The molecule has 0 heterocycles. The Morgan fingerprint density at radius 1 is 1.00 bits per heavy atom. The highest BCUT2D eigenvalue weighted by Crippen LogP contribution is 2.20. The first-order valence-electron chi connectivity index (χ1n) is 8.38. The summed E-state index contributed by atoms with van der Waals surface area (Å²) < 4.78 is 12.9. The van der Waals surface area contributed by atoms with Crippen molar-refractivity contribution in [1.29, 1.82) is 0 Å². The van der Waals surface area contributed by atoms with E-state index in [0.29, 0.717) is 17.6 Å². The van der Waals surface area contributed by atoms with Gasteiger partial charge in [0.15, 0.2) is 5.11 Å². The second kappa shape index (κ2) is 8.78. The molecular formula is C20H25FN2S. The van der Waals surface area contributed by atoms with Crippen LogP contribution >= 0.6 is 12.2 Å². The van der Waals surface area contributed by atoms with Crippen LogP contribution in [0.25, 0.3) is 0 Å². The van der Waals surface area contributed by atoms with Gasteiger partial charge in [-0.05, 0) is 53.4 Å². The average molecular weight is 344 g/mol. The third-order valence-corrected chi connectivity index (χ3v) is 4.35. The molecule has 0 amide bonds. The molecule has 0 saturated carbocycles. The van der Waals surface area contributed by atoms with Gasteiger partial charge in [0, 0.05) is 6.54 Å². The van der Waals surface area contributed by atoms with Crippen LogP contribution in [0.1, 0.15) is 55.8 Å². The zero-order chi connectivity index (χ0) is 17.5. The molecule has 2 nitrogen and oxygen atoms in total. The molecule has 4 heteroatoms. The summed E-state index contributed by atoms with van der Waals surface area (Å²) in [5, 5.41) is 7.15. The molecular weight excluding hydrogens is 319 g/mol. The van der Waals surface area contributed by atoms with Crippen LogP contribution in [0.3, 0.4) is 0 Å². The van der Waals surface area contributed by atoms with Crippen molar-refractivity contribution in [2.24, 2.45) is 0 Å². The van der Waals surface area contributed by atoms with Crippen LogP contribution < -0.4 is 10.6 Å². The first kappa shape index (κ1) is 18.4. The summed E-state index contributed by atoms with van der Waals surface area (Å²) in [5.41, 5.74) is 3.56. The third-order valence-electron chi connectivity index (χ3n) is 4.09. The largest absolute Gasteiger partial charge is 0.359 e. The van der Waals surface area contributed by atoms with Gasteiger partial charge in [-0.2, -0.15) is 0 Å². The van der Waals surface area contributed by atoms with E-state index >= 15 is 0 Å². The summed E-state index contributed by atoms with van der Waals surface area (Å²) in [6.45, 7) is 7.10. The summed E-state index contributed by atoms with van der Waals surface area (Å²) in [6.07, 6.45) is 0.944. The van der Waals surface area contributed by atoms with E-state index in [0.717, 1.165) is 12.0 Å². The van der Waals surface area contributed by atoms with Crippen LogP contribution in [-0.2, 0) is 6.54 Å². The van der Waals surface area contributed by atoms with Crippen molar-refractivity contribution < 1.29 is 4.39 Å². The smallest absolute Gasteiger partial charge is 0.167 e. The van der Waals surface area contributed by atoms with E-state index in [2.05, 4.69) is 55.7 Å². The maximum Gasteiger partial charge on any atom is 0.167 e. The van der Waals surface area contributed by atoms with Gasteiger partial charge in [0.1, 0.15) is 5.82 Å². The first-order chi connectivity index (χ1) is 11.5. The minimum absolute atomic E-state index is 0.180. The van der Waals surface area contributed by atoms with E-state index in [1.165, 1.54) is 23.3 Å². The Morgan fingerprint density at radius 3 is 2.12 bits per heavy atom. The number of nitrogens with one attached hydrogen (secondary N) is 2. The molecule has 0 aliphatic carbocycles. The molecule has 0 radical (unpaired) electrons. The van der Waals surface area contributed by atoms with Gasteiger partial charge < -0.3 is 10.6 Å². The van der Waals surface area contributed by atoms with Crippen LogP contribution in [-0.4, -0.2) is 5.11 Å². The van der Waals surface area contributed by atoms with Gasteiger partial charge in [-0.3, -0.25) is 0 Å². The average Bonchev–Trinajstić information content (AvgIpc) is 2.59. The van der Waals surface area contributed by atoms with Gasteiger partial charge in [-0.15, -0.1) is 0 Å². The quantitative estimate of drug-likeness (QED) is 0.716. The van der Waals surface area contributed by atoms with Crippen molar-refractivity contribution in [3.8, 4) is 0 Å². The summed E-state index contributed by atoms with van der Waals surface area (Å²) in [5.74, 6) is 0.306. The number of rotatable bonds is 6. The van der Waals surface area contributed by atoms with Crippen LogP contribution in [0.2, 0.25) is 0 Å². The minimum atomic E-state index is -0.227. The van der Waals surface area contributed by atoms with Gasteiger partial charge >= 0.3 is 0 Å². The van der Waals surface area contributed by atoms with Gasteiger partial charge in [0.25, 0.3) is 0 Å². The number of thiocarbonyl (C=S) groups is 1. The van der Waals surface area contributed by atoms with E-state index in [4.69, 9.17) is 12.2 Å². The molecule has 128 valence electrons. The molecule has 0 aliphatic rings. The maximum absolute atomic E-state index is 12.9. The lowest BCUT2D eigenvalue weighted by Crippen LogP contribution is -2.37. The third kappa shape index (κ3) is 5.31. The monoisotopic (exact) mass is 344 g/mol. The SMILES string of the molecule is CC[C@@H](NC(=S)NCc1ccc(F)cc1)c1ccc(C(C)C)cc1. The highest BCUT2D eigenvalue weighted by Gasteiger charge is 2.11. The molecule has 2 rings (SSSR count). The van der Waals surface area contributed by atoms with E-state index in [1.54, 1.807) is 12.1 Å². The first-order valence-corrected chi connectivity index (χ1v) is 8.79. The second-order valence-electron chi connectivity index (χ2n) is 6.24. The Morgan fingerprint density at radius 2 is 1.58 bits per heavy atom. The fourth-order valence-electron chi connectivity index (χ4n) is 2.53. The number of hydrogen-bond acceptors (Lipinski definition) is 1. The molecule has 0 aromatic heterocycles. The molecule has 0 saturated heterocycles. The summed E-state index contributed by atoms with van der Waals surface area (Å²) in [4.78, 5) is 0. The molecule has 0 fully saturated rings. The number of hydrogen-bond donors (Lipinski definition) is 2. The molecule has 0 spiro atoms. The molecule has 1 atom stereocenters. The van der Waals surface area contributed by atoms with Crippen molar-refractivity contribution in [1.82, 2.24) is 10.6 Å². The van der Waals surface area contributed by atoms with Crippen molar-refractivity contribution in [3.05, 3.63) is 71.0 Å². The van der Waals surface area contributed by atoms with Crippen LogP contribution in [0.4, 0.5) is 4.39 Å². The molecule has 2 aromatic carbocycles. The van der Waals surface area contributed by atoms with Crippen LogP contribution in [0, 0.1) is 5.82 Å². The Bertz CT molecular complexity index is 650. The Hall–Kier alpha value is -1.94. The van der Waals surface area contributed by atoms with Crippen molar-refractivity contribution in [2.45, 2.75) is 45.7 Å². The minimum Gasteiger partial charge on any atom is -0.359 e. The standard InChI is InChI=1S/C20H25FN2S/c1-4-19(17-9-7-16(8-10-17)14(2)3)23-20(24)22-13-15-5-11-18(21)12-6-15/h5-12,14,19H,4,13H2,1-3H3,(H2,22,23,24)/t19-/m1/s1. The molecule has 0 unspecified atom stereocenters.